The zero-order valence-corrected chi connectivity index (χ0v) is 12.2. The fourth-order valence-electron chi connectivity index (χ4n) is 1.92. The van der Waals surface area contributed by atoms with Crippen molar-refractivity contribution in [1.29, 1.82) is 0 Å². The lowest BCUT2D eigenvalue weighted by atomic mass is 10.1. The number of hydrogen-bond donors (Lipinski definition) is 1. The van der Waals surface area contributed by atoms with E-state index in [4.69, 9.17) is 4.74 Å². The second-order valence-electron chi connectivity index (χ2n) is 4.85. The topological polar surface area (TPSA) is 38.3 Å². The van der Waals surface area contributed by atoms with Crippen molar-refractivity contribution in [3.63, 3.8) is 0 Å². The van der Waals surface area contributed by atoms with Crippen molar-refractivity contribution in [2.24, 2.45) is 0 Å². The third kappa shape index (κ3) is 6.27. The number of nitrogens with one attached hydrogen (secondary N) is 1. The molecule has 0 atom stereocenters. The monoisotopic (exact) mass is 263 g/mol. The molecule has 0 saturated heterocycles. The molecule has 0 aliphatic rings. The average Bonchev–Trinajstić information content (AvgIpc) is 2.41. The van der Waals surface area contributed by atoms with Crippen LogP contribution in [0.15, 0.2) is 24.3 Å². The lowest BCUT2D eigenvalue weighted by Gasteiger charge is -2.14. The minimum atomic E-state index is 0.126. The highest BCUT2D eigenvalue weighted by Crippen LogP contribution is 2.12. The molecule has 3 heteroatoms. The Labute approximate surface area is 116 Å². The summed E-state index contributed by atoms with van der Waals surface area (Å²) in [6.07, 6.45) is 3.26. The van der Waals surface area contributed by atoms with Crippen molar-refractivity contribution in [1.82, 2.24) is 5.32 Å². The lowest BCUT2D eigenvalue weighted by molar-refractivity contribution is -0.122. The molecular weight excluding hydrogens is 238 g/mol. The summed E-state index contributed by atoms with van der Waals surface area (Å²) in [5.74, 6) is 1.00. The fourth-order valence-corrected chi connectivity index (χ4v) is 1.92. The van der Waals surface area contributed by atoms with E-state index in [2.05, 4.69) is 19.2 Å². The second-order valence-corrected chi connectivity index (χ2v) is 4.85. The van der Waals surface area contributed by atoms with Crippen LogP contribution in [0.5, 0.6) is 5.75 Å². The van der Waals surface area contributed by atoms with Gasteiger partial charge in [0.25, 0.3) is 0 Å². The number of hydrogen-bond acceptors (Lipinski definition) is 2. The second kappa shape index (κ2) is 8.57. The SMILES string of the molecule is CCC(CC)NC(=O)CCCOc1cccc(C)c1. The molecular formula is C16H25NO2. The maximum atomic E-state index is 11.7. The standard InChI is InChI=1S/C16H25NO2/c1-4-14(5-2)17-16(18)10-7-11-19-15-9-6-8-13(3)12-15/h6,8-9,12,14H,4-5,7,10-11H2,1-3H3,(H,17,18). The van der Waals surface area contributed by atoms with E-state index in [9.17, 15) is 4.79 Å². The van der Waals surface area contributed by atoms with Crippen molar-refractivity contribution < 1.29 is 9.53 Å². The zero-order valence-electron chi connectivity index (χ0n) is 12.2. The van der Waals surface area contributed by atoms with Gasteiger partial charge in [-0.25, -0.2) is 0 Å². The van der Waals surface area contributed by atoms with Gasteiger partial charge in [-0.3, -0.25) is 4.79 Å². The summed E-state index contributed by atoms with van der Waals surface area (Å²) in [4.78, 5) is 11.7. The molecule has 1 rings (SSSR count). The van der Waals surface area contributed by atoms with Gasteiger partial charge in [0.1, 0.15) is 5.75 Å². The molecule has 0 aromatic heterocycles. The van der Waals surface area contributed by atoms with Crippen molar-refractivity contribution in [3.05, 3.63) is 29.8 Å². The highest BCUT2D eigenvalue weighted by Gasteiger charge is 2.07. The van der Waals surface area contributed by atoms with E-state index in [1.165, 1.54) is 5.56 Å². The maximum Gasteiger partial charge on any atom is 0.220 e. The van der Waals surface area contributed by atoms with Gasteiger partial charge >= 0.3 is 0 Å². The molecule has 0 bridgehead atoms. The molecule has 0 spiro atoms. The molecule has 0 aliphatic carbocycles. The molecule has 0 radical (unpaired) electrons. The predicted molar refractivity (Wildman–Crippen MR) is 78.4 cm³/mol. The first-order valence-electron chi connectivity index (χ1n) is 7.14. The normalized spacial score (nSPS) is 10.5. The molecule has 1 N–H and O–H groups in total. The van der Waals surface area contributed by atoms with Crippen molar-refractivity contribution >= 4 is 5.91 Å². The third-order valence-corrected chi connectivity index (χ3v) is 3.16. The maximum absolute atomic E-state index is 11.7. The number of aryl methyl sites for hydroxylation is 1. The molecule has 0 unspecified atom stereocenters. The minimum Gasteiger partial charge on any atom is -0.494 e. The van der Waals surface area contributed by atoms with Crippen LogP contribution in [0.2, 0.25) is 0 Å². The summed E-state index contributed by atoms with van der Waals surface area (Å²) in [6, 6.07) is 8.27. The quantitative estimate of drug-likeness (QED) is 0.729. The summed E-state index contributed by atoms with van der Waals surface area (Å²) in [5, 5.41) is 3.03. The van der Waals surface area contributed by atoms with E-state index in [0.29, 0.717) is 19.1 Å². The molecule has 19 heavy (non-hydrogen) atoms. The first-order valence-corrected chi connectivity index (χ1v) is 7.14. The Bertz CT molecular complexity index is 386. The van der Waals surface area contributed by atoms with Crippen LogP contribution in [0.25, 0.3) is 0 Å². The molecule has 0 aliphatic heterocycles. The van der Waals surface area contributed by atoms with Crippen LogP contribution in [-0.4, -0.2) is 18.6 Å². The Morgan fingerprint density at radius 1 is 1.32 bits per heavy atom. The molecule has 3 nitrogen and oxygen atoms in total. The number of carbonyl (C=O) groups excluding carboxylic acids is 1. The molecule has 106 valence electrons. The van der Waals surface area contributed by atoms with Crippen LogP contribution in [0, 0.1) is 6.92 Å². The number of rotatable bonds is 8. The molecule has 0 heterocycles. The van der Waals surface area contributed by atoms with Crippen molar-refractivity contribution in [3.8, 4) is 5.75 Å². The van der Waals surface area contributed by atoms with Crippen LogP contribution >= 0.6 is 0 Å². The third-order valence-electron chi connectivity index (χ3n) is 3.16. The van der Waals surface area contributed by atoms with Gasteiger partial charge in [0.2, 0.25) is 5.91 Å². The number of benzene rings is 1. The molecule has 0 fully saturated rings. The van der Waals surface area contributed by atoms with Gasteiger partial charge in [-0.15, -0.1) is 0 Å². The van der Waals surface area contributed by atoms with E-state index in [0.717, 1.165) is 25.0 Å². The molecule has 1 aromatic rings. The first-order chi connectivity index (χ1) is 9.15. The summed E-state index contributed by atoms with van der Waals surface area (Å²) < 4.78 is 5.61. The Balaban J connectivity index is 2.18. The molecule has 1 aromatic carbocycles. The van der Waals surface area contributed by atoms with Gasteiger partial charge in [-0.2, -0.15) is 0 Å². The summed E-state index contributed by atoms with van der Waals surface area (Å²) in [6.45, 7) is 6.81. The highest BCUT2D eigenvalue weighted by atomic mass is 16.5. The van der Waals surface area contributed by atoms with E-state index in [1.807, 2.05) is 31.2 Å². The van der Waals surface area contributed by atoms with Crippen LogP contribution < -0.4 is 10.1 Å². The van der Waals surface area contributed by atoms with Crippen molar-refractivity contribution in [2.45, 2.75) is 52.5 Å². The largest absolute Gasteiger partial charge is 0.494 e. The van der Waals surface area contributed by atoms with Crippen LogP contribution in [0.4, 0.5) is 0 Å². The first kappa shape index (κ1) is 15.5. The summed E-state index contributed by atoms with van der Waals surface area (Å²) >= 11 is 0. The van der Waals surface area contributed by atoms with Gasteiger partial charge in [0.15, 0.2) is 0 Å². The average molecular weight is 263 g/mol. The van der Waals surface area contributed by atoms with Crippen LogP contribution in [0.1, 0.15) is 45.1 Å². The molecule has 1 amide bonds. The summed E-state index contributed by atoms with van der Waals surface area (Å²) in [7, 11) is 0. The lowest BCUT2D eigenvalue weighted by Crippen LogP contribution is -2.33. The van der Waals surface area contributed by atoms with Gasteiger partial charge in [-0.1, -0.05) is 26.0 Å². The van der Waals surface area contributed by atoms with E-state index < -0.39 is 0 Å². The predicted octanol–water partition coefficient (Wildman–Crippen LogP) is 3.46. The zero-order chi connectivity index (χ0) is 14.1. The number of ether oxygens (including phenoxy) is 1. The van der Waals surface area contributed by atoms with Crippen LogP contribution in [0.3, 0.4) is 0 Å². The Morgan fingerprint density at radius 3 is 2.68 bits per heavy atom. The van der Waals surface area contributed by atoms with E-state index >= 15 is 0 Å². The van der Waals surface area contributed by atoms with Crippen molar-refractivity contribution in [2.75, 3.05) is 6.61 Å². The fraction of sp³-hybridized carbons (Fsp3) is 0.562. The van der Waals surface area contributed by atoms with E-state index in [-0.39, 0.29) is 5.91 Å². The number of carbonyl (C=O) groups is 1. The van der Waals surface area contributed by atoms with Gasteiger partial charge in [0.05, 0.1) is 6.61 Å². The smallest absolute Gasteiger partial charge is 0.220 e. The Hall–Kier alpha value is -1.51. The van der Waals surface area contributed by atoms with Gasteiger partial charge in [0, 0.05) is 12.5 Å². The van der Waals surface area contributed by atoms with Gasteiger partial charge < -0.3 is 10.1 Å². The Kier molecular flexibility index (Phi) is 7.01. The summed E-state index contributed by atoms with van der Waals surface area (Å²) in [5.41, 5.74) is 1.18. The minimum absolute atomic E-state index is 0.126. The molecule has 0 saturated carbocycles. The van der Waals surface area contributed by atoms with Crippen LogP contribution in [-0.2, 0) is 4.79 Å². The van der Waals surface area contributed by atoms with Gasteiger partial charge in [-0.05, 0) is 43.9 Å². The van der Waals surface area contributed by atoms with E-state index in [1.54, 1.807) is 0 Å². The number of amides is 1. The Morgan fingerprint density at radius 2 is 2.05 bits per heavy atom. The highest BCUT2D eigenvalue weighted by molar-refractivity contribution is 5.76.